The van der Waals surface area contributed by atoms with Crippen molar-refractivity contribution in [2.45, 2.75) is 6.92 Å². The fourth-order valence-corrected chi connectivity index (χ4v) is 0.516. The summed E-state index contributed by atoms with van der Waals surface area (Å²) < 4.78 is 9.75. The zero-order chi connectivity index (χ0) is 11.8. The van der Waals surface area contributed by atoms with Crippen LogP contribution >= 0.6 is 0 Å². The predicted molar refractivity (Wildman–Crippen MR) is 54.5 cm³/mol. The molecule has 0 aromatic rings. The minimum absolute atomic E-state index is 0.0417. The van der Waals surface area contributed by atoms with Crippen LogP contribution in [0.25, 0.3) is 0 Å². The van der Waals surface area contributed by atoms with Crippen molar-refractivity contribution in [2.24, 2.45) is 4.99 Å². The first kappa shape index (κ1) is 16.6. The van der Waals surface area contributed by atoms with Crippen molar-refractivity contribution in [3.8, 4) is 0 Å². The van der Waals surface area contributed by atoms with Crippen molar-refractivity contribution in [3.05, 3.63) is 0 Å². The topological polar surface area (TPSA) is 88.4 Å². The average Bonchev–Trinajstić information content (AvgIpc) is 2.25. The van der Waals surface area contributed by atoms with Gasteiger partial charge in [-0.3, -0.25) is 0 Å². The molecule has 0 unspecified atom stereocenters. The molecule has 0 aromatic heterocycles. The number of aliphatic hydroxyl groups excluding tert-OH is 2. The van der Waals surface area contributed by atoms with Crippen LogP contribution in [0.2, 0.25) is 0 Å². The van der Waals surface area contributed by atoms with Crippen LogP contribution in [0.3, 0.4) is 0 Å². The molecule has 0 aliphatic heterocycles. The quantitative estimate of drug-likeness (QED) is 0.323. The van der Waals surface area contributed by atoms with E-state index in [1.807, 2.05) is 0 Å². The van der Waals surface area contributed by atoms with Crippen LogP contribution < -0.4 is 0 Å². The molecule has 15 heavy (non-hydrogen) atoms. The molecule has 0 bridgehead atoms. The summed E-state index contributed by atoms with van der Waals surface area (Å²) in [5.41, 5.74) is 0. The number of hydrogen-bond acceptors (Lipinski definition) is 6. The van der Waals surface area contributed by atoms with E-state index < -0.39 is 0 Å². The average molecular weight is 221 g/mol. The van der Waals surface area contributed by atoms with Crippen molar-refractivity contribution in [3.63, 3.8) is 0 Å². The Bertz CT molecular complexity index is 139. The minimum Gasteiger partial charge on any atom is -0.394 e. The molecular formula is C9H19NO5. The highest BCUT2D eigenvalue weighted by Crippen LogP contribution is 1.76. The van der Waals surface area contributed by atoms with Gasteiger partial charge in [0.05, 0.1) is 39.6 Å². The maximum atomic E-state index is 9.11. The van der Waals surface area contributed by atoms with E-state index in [0.29, 0.717) is 33.0 Å². The van der Waals surface area contributed by atoms with Gasteiger partial charge in [-0.1, -0.05) is 0 Å². The zero-order valence-corrected chi connectivity index (χ0v) is 9.02. The van der Waals surface area contributed by atoms with Gasteiger partial charge >= 0.3 is 0 Å². The highest BCUT2D eigenvalue weighted by molar-refractivity contribution is 5.32. The first-order chi connectivity index (χ1) is 7.33. The van der Waals surface area contributed by atoms with E-state index in [2.05, 4.69) is 4.99 Å². The van der Waals surface area contributed by atoms with Crippen LogP contribution in [0.15, 0.2) is 4.99 Å². The summed E-state index contributed by atoms with van der Waals surface area (Å²) in [6.07, 6.45) is 1.39. The Labute approximate surface area is 89.5 Å². The van der Waals surface area contributed by atoms with Gasteiger partial charge in [0.2, 0.25) is 6.08 Å². The Kier molecular flexibility index (Phi) is 21.0. The van der Waals surface area contributed by atoms with Gasteiger partial charge in [-0.15, -0.1) is 0 Å². The lowest BCUT2D eigenvalue weighted by atomic mass is 10.7. The third kappa shape index (κ3) is 24.6. The highest BCUT2D eigenvalue weighted by Gasteiger charge is 1.86. The molecule has 0 radical (unpaired) electrons. The van der Waals surface area contributed by atoms with E-state index >= 15 is 0 Å². The summed E-state index contributed by atoms with van der Waals surface area (Å²) in [5.74, 6) is 0. The van der Waals surface area contributed by atoms with Gasteiger partial charge in [0.15, 0.2) is 0 Å². The van der Waals surface area contributed by atoms with Crippen LogP contribution in [0.4, 0.5) is 0 Å². The van der Waals surface area contributed by atoms with Gasteiger partial charge in [0.25, 0.3) is 0 Å². The second-order valence-corrected chi connectivity index (χ2v) is 2.24. The third-order valence-electron chi connectivity index (χ3n) is 1.07. The normalized spacial score (nSPS) is 8.73. The van der Waals surface area contributed by atoms with Crippen LogP contribution in [-0.4, -0.2) is 62.5 Å². The number of aliphatic imine (C=N–C) groups is 1. The molecule has 0 heterocycles. The maximum absolute atomic E-state index is 9.11. The Balaban J connectivity index is 0. The second-order valence-electron chi connectivity index (χ2n) is 2.24. The first-order valence-corrected chi connectivity index (χ1v) is 4.74. The van der Waals surface area contributed by atoms with Crippen LogP contribution in [0.1, 0.15) is 6.92 Å². The molecule has 0 aliphatic rings. The molecule has 0 atom stereocenters. The van der Waals surface area contributed by atoms with E-state index in [1.54, 1.807) is 6.92 Å². The molecule has 6 heteroatoms. The lowest BCUT2D eigenvalue weighted by molar-refractivity contribution is 0.0222. The second kappa shape index (κ2) is 18.9. The van der Waals surface area contributed by atoms with E-state index in [0.717, 1.165) is 0 Å². The first-order valence-electron chi connectivity index (χ1n) is 4.74. The lowest BCUT2D eigenvalue weighted by Gasteiger charge is -2.01. The lowest BCUT2D eigenvalue weighted by Crippen LogP contribution is -2.09. The van der Waals surface area contributed by atoms with Crippen molar-refractivity contribution >= 4 is 6.08 Å². The van der Waals surface area contributed by atoms with E-state index in [4.69, 9.17) is 24.5 Å². The standard InChI is InChI=1S/C6H14O4.C3H5NO/c7-1-3-9-5-6-10-4-2-8;1-2-4-3-5/h7-8H,1-6H2;2H2,1H3. The van der Waals surface area contributed by atoms with Gasteiger partial charge in [0, 0.05) is 6.54 Å². The van der Waals surface area contributed by atoms with Crippen LogP contribution in [0, 0.1) is 0 Å². The number of isocyanates is 1. The Morgan fingerprint density at radius 1 is 1.07 bits per heavy atom. The molecule has 0 spiro atoms. The number of ether oxygens (including phenoxy) is 2. The third-order valence-corrected chi connectivity index (χ3v) is 1.07. The molecule has 0 rings (SSSR count). The molecule has 2 N–H and O–H groups in total. The summed E-state index contributed by atoms with van der Waals surface area (Å²) in [4.78, 5) is 12.3. The largest absolute Gasteiger partial charge is 0.394 e. The summed E-state index contributed by atoms with van der Waals surface area (Å²) in [6.45, 7) is 4.06. The fourth-order valence-electron chi connectivity index (χ4n) is 0.516. The molecule has 0 aliphatic carbocycles. The molecule has 0 aromatic carbocycles. The van der Waals surface area contributed by atoms with E-state index in [9.17, 15) is 0 Å². The summed E-state index contributed by atoms with van der Waals surface area (Å²) in [6, 6.07) is 0. The van der Waals surface area contributed by atoms with Gasteiger partial charge < -0.3 is 19.7 Å². The Morgan fingerprint density at radius 3 is 1.73 bits per heavy atom. The highest BCUT2D eigenvalue weighted by atomic mass is 16.5. The maximum Gasteiger partial charge on any atom is 0.234 e. The Hall–Kier alpha value is -0.780. The number of rotatable bonds is 8. The Morgan fingerprint density at radius 2 is 1.53 bits per heavy atom. The summed E-state index contributed by atoms with van der Waals surface area (Å²) in [5, 5.41) is 16.5. The zero-order valence-electron chi connectivity index (χ0n) is 9.02. The van der Waals surface area contributed by atoms with Gasteiger partial charge in [-0.05, 0) is 6.92 Å². The van der Waals surface area contributed by atoms with Crippen molar-refractivity contribution < 1.29 is 24.5 Å². The van der Waals surface area contributed by atoms with E-state index in [1.165, 1.54) is 6.08 Å². The molecular weight excluding hydrogens is 202 g/mol. The number of carbonyl (C=O) groups excluding carboxylic acids is 1. The smallest absolute Gasteiger partial charge is 0.234 e. The number of hydrogen-bond donors (Lipinski definition) is 2. The fraction of sp³-hybridized carbons (Fsp3) is 0.889. The molecule has 6 nitrogen and oxygen atoms in total. The van der Waals surface area contributed by atoms with Crippen molar-refractivity contribution in [1.82, 2.24) is 0 Å². The minimum atomic E-state index is 0.0417. The summed E-state index contributed by atoms with van der Waals surface area (Å²) in [7, 11) is 0. The van der Waals surface area contributed by atoms with E-state index in [-0.39, 0.29) is 13.2 Å². The molecule has 0 saturated carbocycles. The van der Waals surface area contributed by atoms with Gasteiger partial charge in [-0.25, -0.2) is 9.79 Å². The number of aliphatic hydroxyl groups is 2. The molecule has 0 amide bonds. The monoisotopic (exact) mass is 221 g/mol. The van der Waals surface area contributed by atoms with Crippen LogP contribution in [-0.2, 0) is 14.3 Å². The summed E-state index contributed by atoms with van der Waals surface area (Å²) >= 11 is 0. The number of nitrogens with zero attached hydrogens (tertiary/aromatic N) is 1. The van der Waals surface area contributed by atoms with Gasteiger partial charge in [-0.2, -0.15) is 0 Å². The predicted octanol–water partition coefficient (Wildman–Crippen LogP) is -0.654. The van der Waals surface area contributed by atoms with Crippen molar-refractivity contribution in [1.29, 1.82) is 0 Å². The molecule has 0 saturated heterocycles. The molecule has 0 fully saturated rings. The van der Waals surface area contributed by atoms with Crippen molar-refractivity contribution in [2.75, 3.05) is 46.2 Å². The van der Waals surface area contributed by atoms with Gasteiger partial charge in [0.1, 0.15) is 0 Å². The van der Waals surface area contributed by atoms with Crippen LogP contribution in [0.5, 0.6) is 0 Å². The SMILES string of the molecule is CCN=C=O.OCCOCCOCCO. The molecule has 90 valence electrons.